The van der Waals surface area contributed by atoms with Gasteiger partial charge in [0.1, 0.15) is 0 Å². The molecule has 0 atom stereocenters. The molecule has 0 N–H and O–H groups in total. The van der Waals surface area contributed by atoms with Gasteiger partial charge in [-0.15, -0.1) is 0 Å². The van der Waals surface area contributed by atoms with Crippen LogP contribution < -0.4 is 0 Å². The number of aryl methyl sites for hydroxylation is 3. The van der Waals surface area contributed by atoms with Crippen LogP contribution in [0.15, 0.2) is 18.2 Å². The number of benzene rings is 1. The Kier molecular flexibility index (Phi) is 13.6. The van der Waals surface area contributed by atoms with E-state index < -0.39 is 0 Å². The summed E-state index contributed by atoms with van der Waals surface area (Å²) in [5.74, 6) is 0. The smallest absolute Gasteiger partial charge is 0.0276 e. The van der Waals surface area contributed by atoms with Gasteiger partial charge in [-0.25, -0.2) is 0 Å². The third kappa shape index (κ3) is 10.6. The van der Waals surface area contributed by atoms with E-state index in [0.29, 0.717) is 0 Å². The molecule has 0 heterocycles. The van der Waals surface area contributed by atoms with Crippen LogP contribution in [0, 0.1) is 6.92 Å². The van der Waals surface area contributed by atoms with Crippen molar-refractivity contribution in [1.82, 2.24) is 0 Å². The lowest BCUT2D eigenvalue weighted by atomic mass is 9.97. The molecule has 0 aliphatic rings. The van der Waals surface area contributed by atoms with Crippen molar-refractivity contribution in [3.63, 3.8) is 0 Å². The summed E-state index contributed by atoms with van der Waals surface area (Å²) in [6.07, 6.45) is 13.3. The van der Waals surface area contributed by atoms with Gasteiger partial charge in [0, 0.05) is 0 Å². The first-order valence-corrected chi connectivity index (χ1v) is 9.27. The minimum atomic E-state index is 1.25. The first-order chi connectivity index (χ1) is 10.2. The summed E-state index contributed by atoms with van der Waals surface area (Å²) < 4.78 is 0. The van der Waals surface area contributed by atoms with Crippen LogP contribution in [0.5, 0.6) is 0 Å². The first-order valence-electron chi connectivity index (χ1n) is 9.27. The highest BCUT2D eigenvalue weighted by molar-refractivity contribution is 5.31. The zero-order valence-electron chi connectivity index (χ0n) is 15.3. The van der Waals surface area contributed by atoms with Crippen LogP contribution in [0.4, 0.5) is 0 Å². The molecule has 0 heteroatoms. The van der Waals surface area contributed by atoms with Gasteiger partial charge in [0.25, 0.3) is 0 Å². The minimum Gasteiger partial charge on any atom is -0.0656 e. The maximum atomic E-state index is 2.45. The summed E-state index contributed by atoms with van der Waals surface area (Å²) >= 11 is 0. The highest BCUT2D eigenvalue weighted by Crippen LogP contribution is 2.16. The van der Waals surface area contributed by atoms with Crippen molar-refractivity contribution in [3.05, 3.63) is 34.9 Å². The zero-order chi connectivity index (χ0) is 15.9. The van der Waals surface area contributed by atoms with Gasteiger partial charge in [0.15, 0.2) is 0 Å². The molecular weight excluding hydrogens is 252 g/mol. The summed E-state index contributed by atoms with van der Waals surface area (Å²) in [6.45, 7) is 11.0. The molecule has 0 saturated heterocycles. The first kappa shape index (κ1) is 20.2. The molecule has 1 aromatic carbocycles. The number of hydrogen-bond acceptors (Lipinski definition) is 0. The summed E-state index contributed by atoms with van der Waals surface area (Å²) in [6, 6.07) is 7.09. The van der Waals surface area contributed by atoms with Gasteiger partial charge < -0.3 is 0 Å². The molecule has 0 fully saturated rings. The van der Waals surface area contributed by atoms with Crippen LogP contribution in [0.3, 0.4) is 0 Å². The molecule has 21 heavy (non-hydrogen) atoms. The summed E-state index contributed by atoms with van der Waals surface area (Å²) in [5.41, 5.74) is 4.59. The predicted octanol–water partition coefficient (Wildman–Crippen LogP) is 7.27. The Morgan fingerprint density at radius 1 is 0.714 bits per heavy atom. The fourth-order valence-electron chi connectivity index (χ4n) is 2.45. The molecule has 122 valence electrons. The molecule has 0 unspecified atom stereocenters. The Bertz CT molecular complexity index is 338. The van der Waals surface area contributed by atoms with Crippen molar-refractivity contribution in [3.8, 4) is 0 Å². The van der Waals surface area contributed by atoms with Crippen LogP contribution in [0.2, 0.25) is 0 Å². The lowest BCUT2D eigenvalue weighted by molar-refractivity contribution is 0.632. The lowest BCUT2D eigenvalue weighted by Crippen LogP contribution is -1.93. The maximum absolute atomic E-state index is 2.45. The average Bonchev–Trinajstić information content (AvgIpc) is 2.48. The molecule has 1 aromatic rings. The van der Waals surface area contributed by atoms with E-state index in [1.54, 1.807) is 11.1 Å². The Hall–Kier alpha value is -0.780. The van der Waals surface area contributed by atoms with Gasteiger partial charge in [-0.05, 0) is 49.3 Å². The standard InChI is InChI=1S/C18H30.C3H8/c1-4-6-8-9-10-11-17-14-13-16(3)18(15-17)12-7-5-2;1-3-2/h13-15H,4-12H2,1-3H3;3H2,1-2H3. The van der Waals surface area contributed by atoms with Gasteiger partial charge in [-0.3, -0.25) is 0 Å². The van der Waals surface area contributed by atoms with E-state index in [1.165, 1.54) is 69.8 Å². The minimum absolute atomic E-state index is 1.25. The molecular formula is C21H38. The van der Waals surface area contributed by atoms with Crippen molar-refractivity contribution >= 4 is 0 Å². The van der Waals surface area contributed by atoms with Crippen LogP contribution in [-0.4, -0.2) is 0 Å². The van der Waals surface area contributed by atoms with E-state index in [2.05, 4.69) is 52.8 Å². The fraction of sp³-hybridized carbons (Fsp3) is 0.714. The third-order valence-electron chi connectivity index (χ3n) is 3.78. The zero-order valence-corrected chi connectivity index (χ0v) is 15.3. The summed E-state index contributed by atoms with van der Waals surface area (Å²) in [5, 5.41) is 0. The second-order valence-electron chi connectivity index (χ2n) is 6.24. The predicted molar refractivity (Wildman–Crippen MR) is 98.2 cm³/mol. The Labute approximate surface area is 134 Å². The molecule has 0 aliphatic heterocycles. The quantitative estimate of drug-likeness (QED) is 0.419. The summed E-state index contributed by atoms with van der Waals surface area (Å²) in [7, 11) is 0. The van der Waals surface area contributed by atoms with Gasteiger partial charge in [-0.1, -0.05) is 84.4 Å². The normalized spacial score (nSPS) is 10.1. The molecule has 0 nitrogen and oxygen atoms in total. The van der Waals surface area contributed by atoms with Crippen LogP contribution in [0.1, 0.15) is 95.8 Å². The topological polar surface area (TPSA) is 0 Å². The lowest BCUT2D eigenvalue weighted by Gasteiger charge is -2.08. The van der Waals surface area contributed by atoms with E-state index >= 15 is 0 Å². The van der Waals surface area contributed by atoms with Crippen molar-refractivity contribution in [2.24, 2.45) is 0 Å². The van der Waals surface area contributed by atoms with Crippen LogP contribution in [0.25, 0.3) is 0 Å². The Morgan fingerprint density at radius 2 is 1.33 bits per heavy atom. The van der Waals surface area contributed by atoms with Gasteiger partial charge in [0.05, 0.1) is 0 Å². The van der Waals surface area contributed by atoms with E-state index in [9.17, 15) is 0 Å². The van der Waals surface area contributed by atoms with E-state index in [1.807, 2.05) is 0 Å². The van der Waals surface area contributed by atoms with Crippen LogP contribution in [-0.2, 0) is 12.8 Å². The monoisotopic (exact) mass is 290 g/mol. The molecule has 1 rings (SSSR count). The molecule has 0 aliphatic carbocycles. The number of rotatable bonds is 9. The Balaban J connectivity index is 0.00000122. The molecule has 0 saturated carbocycles. The molecule has 0 bridgehead atoms. The average molecular weight is 291 g/mol. The van der Waals surface area contributed by atoms with Gasteiger partial charge in [-0.2, -0.15) is 0 Å². The maximum Gasteiger partial charge on any atom is -0.0276 e. The SMILES string of the molecule is CCC.CCCCCCCc1ccc(C)c(CCCC)c1. The van der Waals surface area contributed by atoms with Crippen LogP contribution >= 0.6 is 0 Å². The van der Waals surface area contributed by atoms with E-state index in [0.717, 1.165) is 0 Å². The van der Waals surface area contributed by atoms with Gasteiger partial charge in [0.2, 0.25) is 0 Å². The molecule has 0 radical (unpaired) electrons. The Morgan fingerprint density at radius 3 is 1.95 bits per heavy atom. The van der Waals surface area contributed by atoms with E-state index in [-0.39, 0.29) is 0 Å². The van der Waals surface area contributed by atoms with Crippen molar-refractivity contribution < 1.29 is 0 Å². The fourth-order valence-corrected chi connectivity index (χ4v) is 2.45. The highest BCUT2D eigenvalue weighted by Gasteiger charge is 2.00. The largest absolute Gasteiger partial charge is 0.0656 e. The second-order valence-corrected chi connectivity index (χ2v) is 6.24. The second kappa shape index (κ2) is 14.2. The molecule has 0 spiro atoms. The highest BCUT2D eigenvalue weighted by atomic mass is 14.1. The van der Waals surface area contributed by atoms with Crippen molar-refractivity contribution in [2.75, 3.05) is 0 Å². The van der Waals surface area contributed by atoms with Crippen molar-refractivity contribution in [1.29, 1.82) is 0 Å². The van der Waals surface area contributed by atoms with Crippen molar-refractivity contribution in [2.45, 2.75) is 98.8 Å². The molecule has 0 amide bonds. The summed E-state index contributed by atoms with van der Waals surface area (Å²) in [4.78, 5) is 0. The van der Waals surface area contributed by atoms with E-state index in [4.69, 9.17) is 0 Å². The molecule has 0 aromatic heterocycles. The third-order valence-corrected chi connectivity index (χ3v) is 3.78. The number of hydrogen-bond donors (Lipinski definition) is 0. The van der Waals surface area contributed by atoms with Gasteiger partial charge >= 0.3 is 0 Å². The number of unbranched alkanes of at least 4 members (excludes halogenated alkanes) is 5.